The normalized spacial score (nSPS) is 12.1. The Bertz CT molecular complexity index is 357. The Kier molecular flexibility index (Phi) is 4.65. The highest BCUT2D eigenvalue weighted by molar-refractivity contribution is 5.85. The number of methoxy groups -OCH3 is 1. The van der Waals surface area contributed by atoms with Gasteiger partial charge in [0.1, 0.15) is 5.82 Å². The largest absolute Gasteiger partial charge is 0.476 e. The molecule has 1 aromatic rings. The van der Waals surface area contributed by atoms with Gasteiger partial charge in [-0.15, -0.1) is 0 Å². The maximum atomic E-state index is 10.7. The number of ether oxygens (including phenoxy) is 1. The summed E-state index contributed by atoms with van der Waals surface area (Å²) >= 11 is 0. The molecule has 1 aromatic heterocycles. The molecule has 1 atom stereocenters. The molecule has 0 aliphatic carbocycles. The maximum Gasteiger partial charge on any atom is 0.356 e. The van der Waals surface area contributed by atoms with Crippen molar-refractivity contribution in [1.82, 2.24) is 9.97 Å². The molecular weight excluding hydrogens is 210 g/mol. The van der Waals surface area contributed by atoms with Crippen LogP contribution in [0, 0.1) is 0 Å². The Morgan fingerprint density at radius 2 is 2.38 bits per heavy atom. The van der Waals surface area contributed by atoms with Gasteiger partial charge in [0.2, 0.25) is 0 Å². The Labute approximate surface area is 93.7 Å². The third-order valence-corrected chi connectivity index (χ3v) is 2.07. The minimum Gasteiger partial charge on any atom is -0.476 e. The van der Waals surface area contributed by atoms with E-state index in [1.165, 1.54) is 12.4 Å². The van der Waals surface area contributed by atoms with Crippen molar-refractivity contribution in [3.8, 4) is 0 Å². The lowest BCUT2D eigenvalue weighted by atomic mass is 10.2. The molecule has 0 saturated carbocycles. The van der Waals surface area contributed by atoms with Gasteiger partial charge in [0.15, 0.2) is 5.69 Å². The van der Waals surface area contributed by atoms with Crippen LogP contribution in [0.3, 0.4) is 0 Å². The number of nitrogens with one attached hydrogen (secondary N) is 1. The average Bonchev–Trinajstić information content (AvgIpc) is 2.29. The van der Waals surface area contributed by atoms with Gasteiger partial charge in [-0.2, -0.15) is 0 Å². The third-order valence-electron chi connectivity index (χ3n) is 2.07. The van der Waals surface area contributed by atoms with E-state index in [0.717, 1.165) is 6.42 Å². The summed E-state index contributed by atoms with van der Waals surface area (Å²) < 4.78 is 5.02. The zero-order valence-electron chi connectivity index (χ0n) is 9.30. The molecular formula is C10H15N3O3. The van der Waals surface area contributed by atoms with Gasteiger partial charge in [-0.05, 0) is 6.42 Å². The first-order valence-electron chi connectivity index (χ1n) is 4.98. The smallest absolute Gasteiger partial charge is 0.356 e. The number of carboxylic acids is 1. The number of aromatic carboxylic acids is 1. The number of carbonyl (C=O) groups is 1. The van der Waals surface area contributed by atoms with E-state index < -0.39 is 5.97 Å². The van der Waals surface area contributed by atoms with Gasteiger partial charge in [-0.1, -0.05) is 6.92 Å². The lowest BCUT2D eigenvalue weighted by molar-refractivity contribution is 0.0690. The molecule has 0 radical (unpaired) electrons. The topological polar surface area (TPSA) is 84.3 Å². The van der Waals surface area contributed by atoms with Crippen LogP contribution in [0.4, 0.5) is 5.82 Å². The first kappa shape index (κ1) is 12.4. The second kappa shape index (κ2) is 6.02. The van der Waals surface area contributed by atoms with Crippen LogP contribution in [-0.4, -0.2) is 40.8 Å². The fourth-order valence-corrected chi connectivity index (χ4v) is 1.21. The summed E-state index contributed by atoms with van der Waals surface area (Å²) in [7, 11) is 1.61. The summed E-state index contributed by atoms with van der Waals surface area (Å²) in [6.07, 6.45) is 3.56. The van der Waals surface area contributed by atoms with Crippen LogP contribution in [-0.2, 0) is 4.74 Å². The van der Waals surface area contributed by atoms with E-state index in [4.69, 9.17) is 9.84 Å². The quantitative estimate of drug-likeness (QED) is 0.751. The Balaban J connectivity index is 2.72. The number of carboxylic acid groups (broad SMARTS) is 1. The van der Waals surface area contributed by atoms with E-state index in [9.17, 15) is 4.79 Å². The Morgan fingerprint density at radius 1 is 1.62 bits per heavy atom. The van der Waals surface area contributed by atoms with Crippen molar-refractivity contribution in [3.63, 3.8) is 0 Å². The fraction of sp³-hybridized carbons (Fsp3) is 0.500. The summed E-state index contributed by atoms with van der Waals surface area (Å²) in [4.78, 5) is 18.4. The zero-order valence-corrected chi connectivity index (χ0v) is 9.30. The van der Waals surface area contributed by atoms with Crippen LogP contribution in [0.15, 0.2) is 12.4 Å². The first-order valence-corrected chi connectivity index (χ1v) is 4.98. The van der Waals surface area contributed by atoms with Gasteiger partial charge >= 0.3 is 5.97 Å². The summed E-state index contributed by atoms with van der Waals surface area (Å²) in [5.41, 5.74) is -0.0720. The predicted molar refractivity (Wildman–Crippen MR) is 58.6 cm³/mol. The summed E-state index contributed by atoms with van der Waals surface area (Å²) in [5.74, 6) is -0.639. The molecule has 0 spiro atoms. The Morgan fingerprint density at radius 3 is 2.94 bits per heavy atom. The minimum atomic E-state index is -1.09. The maximum absolute atomic E-state index is 10.7. The zero-order chi connectivity index (χ0) is 12.0. The van der Waals surface area contributed by atoms with Crippen molar-refractivity contribution >= 4 is 11.8 Å². The number of aromatic nitrogens is 2. The predicted octanol–water partition coefficient (Wildman–Crippen LogP) is 1.01. The van der Waals surface area contributed by atoms with Gasteiger partial charge < -0.3 is 15.2 Å². The molecule has 1 unspecified atom stereocenters. The van der Waals surface area contributed by atoms with Crippen molar-refractivity contribution in [1.29, 1.82) is 0 Å². The van der Waals surface area contributed by atoms with E-state index >= 15 is 0 Å². The molecule has 88 valence electrons. The van der Waals surface area contributed by atoms with Gasteiger partial charge in [-0.3, -0.25) is 4.98 Å². The van der Waals surface area contributed by atoms with Crippen LogP contribution in [0.1, 0.15) is 23.8 Å². The van der Waals surface area contributed by atoms with Gasteiger partial charge in [0.05, 0.1) is 25.0 Å². The van der Waals surface area contributed by atoms with E-state index in [1.807, 2.05) is 6.92 Å². The lowest BCUT2D eigenvalue weighted by Crippen LogP contribution is -2.24. The van der Waals surface area contributed by atoms with Crippen LogP contribution in [0.2, 0.25) is 0 Å². The monoisotopic (exact) mass is 225 g/mol. The molecule has 1 heterocycles. The number of hydrogen-bond donors (Lipinski definition) is 2. The van der Waals surface area contributed by atoms with Gasteiger partial charge in [0.25, 0.3) is 0 Å². The molecule has 0 bridgehead atoms. The van der Waals surface area contributed by atoms with Crippen LogP contribution < -0.4 is 5.32 Å². The summed E-state index contributed by atoms with van der Waals surface area (Å²) in [5, 5.41) is 11.8. The second-order valence-electron chi connectivity index (χ2n) is 3.30. The van der Waals surface area contributed by atoms with E-state index in [2.05, 4.69) is 15.3 Å². The number of anilines is 1. The molecule has 0 aliphatic heterocycles. The molecule has 1 rings (SSSR count). The van der Waals surface area contributed by atoms with Crippen molar-refractivity contribution in [3.05, 3.63) is 18.1 Å². The summed E-state index contributed by atoms with van der Waals surface area (Å²) in [6, 6.07) is 0.100. The third kappa shape index (κ3) is 3.47. The van der Waals surface area contributed by atoms with Crippen LogP contribution in [0.25, 0.3) is 0 Å². The number of hydrogen-bond acceptors (Lipinski definition) is 5. The van der Waals surface area contributed by atoms with Crippen LogP contribution in [0.5, 0.6) is 0 Å². The molecule has 0 fully saturated rings. The molecule has 6 heteroatoms. The van der Waals surface area contributed by atoms with Crippen molar-refractivity contribution in [2.24, 2.45) is 0 Å². The van der Waals surface area contributed by atoms with E-state index in [-0.39, 0.29) is 11.7 Å². The molecule has 0 amide bonds. The van der Waals surface area contributed by atoms with Crippen LogP contribution >= 0.6 is 0 Å². The molecule has 0 aromatic carbocycles. The lowest BCUT2D eigenvalue weighted by Gasteiger charge is -2.16. The van der Waals surface area contributed by atoms with Crippen molar-refractivity contribution in [2.45, 2.75) is 19.4 Å². The number of rotatable bonds is 6. The Hall–Kier alpha value is -1.69. The van der Waals surface area contributed by atoms with Crippen molar-refractivity contribution < 1.29 is 14.6 Å². The SMILES string of the molecule is CCC(COC)Nc1cncc(C(=O)O)n1. The number of nitrogens with zero attached hydrogens (tertiary/aromatic N) is 2. The van der Waals surface area contributed by atoms with E-state index in [0.29, 0.717) is 12.4 Å². The molecule has 6 nitrogen and oxygen atoms in total. The summed E-state index contributed by atoms with van der Waals surface area (Å²) in [6.45, 7) is 2.54. The highest BCUT2D eigenvalue weighted by Crippen LogP contribution is 2.06. The standard InChI is InChI=1S/C10H15N3O3/c1-3-7(6-16-2)12-9-5-11-4-8(13-9)10(14)15/h4-5,7H,3,6H2,1-2H3,(H,12,13)(H,14,15). The average molecular weight is 225 g/mol. The molecule has 0 aliphatic rings. The first-order chi connectivity index (χ1) is 7.67. The van der Waals surface area contributed by atoms with Gasteiger partial charge in [0, 0.05) is 7.11 Å². The highest BCUT2D eigenvalue weighted by atomic mass is 16.5. The van der Waals surface area contributed by atoms with E-state index in [1.54, 1.807) is 7.11 Å². The second-order valence-corrected chi connectivity index (χ2v) is 3.30. The van der Waals surface area contributed by atoms with Crippen molar-refractivity contribution in [2.75, 3.05) is 19.0 Å². The van der Waals surface area contributed by atoms with Gasteiger partial charge in [-0.25, -0.2) is 9.78 Å². The fourth-order valence-electron chi connectivity index (χ4n) is 1.21. The minimum absolute atomic E-state index is 0.0720. The molecule has 0 saturated heterocycles. The highest BCUT2D eigenvalue weighted by Gasteiger charge is 2.09. The molecule has 2 N–H and O–H groups in total. The molecule has 16 heavy (non-hydrogen) atoms.